The van der Waals surface area contributed by atoms with Gasteiger partial charge in [-0.3, -0.25) is 9.59 Å². The molecule has 2 aliphatic rings. The van der Waals surface area contributed by atoms with Gasteiger partial charge in [-0.25, -0.2) is 9.97 Å². The first-order valence-electron chi connectivity index (χ1n) is 12.7. The Morgan fingerprint density at radius 1 is 1.32 bits per heavy atom. The van der Waals surface area contributed by atoms with Gasteiger partial charge < -0.3 is 15.0 Å². The van der Waals surface area contributed by atoms with Gasteiger partial charge in [0.2, 0.25) is 5.13 Å². The molecule has 1 N–H and O–H groups in total. The van der Waals surface area contributed by atoms with Gasteiger partial charge in [-0.15, -0.1) is 18.3 Å². The second-order valence-electron chi connectivity index (χ2n) is 10.0. The third kappa shape index (κ3) is 5.65. The van der Waals surface area contributed by atoms with Gasteiger partial charge in [-0.2, -0.15) is 9.94 Å². The summed E-state index contributed by atoms with van der Waals surface area (Å²) in [5.74, 6) is -0.268. The Balaban J connectivity index is 1.43. The van der Waals surface area contributed by atoms with Gasteiger partial charge in [0.15, 0.2) is 11.6 Å². The van der Waals surface area contributed by atoms with Gasteiger partial charge in [-0.05, 0) is 63.3 Å². The van der Waals surface area contributed by atoms with Crippen LogP contribution in [0.3, 0.4) is 0 Å². The first kappa shape index (κ1) is 27.6. The quantitative estimate of drug-likeness (QED) is 0.395. The summed E-state index contributed by atoms with van der Waals surface area (Å²) in [5, 5.41) is 17.3. The number of thiazole rings is 1. The molecule has 0 spiro atoms. The van der Waals surface area contributed by atoms with Crippen molar-refractivity contribution in [1.82, 2.24) is 30.0 Å². The summed E-state index contributed by atoms with van der Waals surface area (Å²) < 4.78 is 44.6. The van der Waals surface area contributed by atoms with Crippen molar-refractivity contribution in [1.29, 1.82) is 5.26 Å². The predicted molar refractivity (Wildman–Crippen MR) is 137 cm³/mol. The molecule has 2 saturated carbocycles. The summed E-state index contributed by atoms with van der Waals surface area (Å²) in [6, 6.07) is 4.98. The Morgan fingerprint density at radius 2 is 2.05 bits per heavy atom. The van der Waals surface area contributed by atoms with Crippen LogP contribution in [0.4, 0.5) is 13.2 Å². The van der Waals surface area contributed by atoms with E-state index in [1.807, 2.05) is 6.92 Å². The number of ether oxygens (including phenoxy) is 1. The fraction of sp³-hybridized carbons (Fsp3) is 0.462. The van der Waals surface area contributed by atoms with Crippen molar-refractivity contribution in [2.45, 2.75) is 63.3 Å². The maximum Gasteiger partial charge on any atom is 0.573 e. The minimum absolute atomic E-state index is 0.0802. The Morgan fingerprint density at radius 3 is 2.65 bits per heavy atom. The fourth-order valence-corrected chi connectivity index (χ4v) is 5.07. The molecule has 2 aromatic heterocycles. The lowest BCUT2D eigenvalue weighted by molar-refractivity contribution is -0.274. The molecule has 1 atom stereocenters. The van der Waals surface area contributed by atoms with E-state index in [4.69, 9.17) is 0 Å². The number of hydrogen-bond donors (Lipinski definition) is 1. The number of halogens is 3. The van der Waals surface area contributed by atoms with Crippen LogP contribution in [0.2, 0.25) is 0 Å². The molecule has 2 aliphatic carbocycles. The zero-order valence-electron chi connectivity index (χ0n) is 21.9. The highest BCUT2D eigenvalue weighted by Gasteiger charge is 2.46. The van der Waals surface area contributed by atoms with Gasteiger partial charge in [0.05, 0.1) is 23.7 Å². The lowest BCUT2D eigenvalue weighted by atomic mass is 9.95. The lowest BCUT2D eigenvalue weighted by Crippen LogP contribution is -2.29. The first-order valence-corrected chi connectivity index (χ1v) is 13.6. The summed E-state index contributed by atoms with van der Waals surface area (Å²) in [6.07, 6.45) is -0.661. The fourth-order valence-electron chi connectivity index (χ4n) is 4.20. The molecule has 40 heavy (non-hydrogen) atoms. The van der Waals surface area contributed by atoms with Crippen LogP contribution in [0.5, 0.6) is 5.75 Å². The second-order valence-corrected chi connectivity index (χ2v) is 11.0. The number of amides is 2. The van der Waals surface area contributed by atoms with Gasteiger partial charge in [0, 0.05) is 25.1 Å². The van der Waals surface area contributed by atoms with E-state index in [1.54, 1.807) is 18.9 Å². The van der Waals surface area contributed by atoms with Crippen molar-refractivity contribution < 1.29 is 27.5 Å². The molecule has 0 bridgehead atoms. The van der Waals surface area contributed by atoms with Crippen molar-refractivity contribution >= 4 is 23.2 Å². The highest BCUT2D eigenvalue weighted by atomic mass is 32.1. The number of carbonyl (C=O) groups excluding carboxylic acids is 2. The van der Waals surface area contributed by atoms with Crippen LogP contribution in [-0.2, 0) is 5.41 Å². The van der Waals surface area contributed by atoms with Crippen molar-refractivity contribution in [3.63, 3.8) is 0 Å². The van der Waals surface area contributed by atoms with E-state index in [0.29, 0.717) is 46.6 Å². The maximum atomic E-state index is 13.3. The average Bonchev–Trinajstić information content (AvgIpc) is 3.82. The first-order chi connectivity index (χ1) is 18.9. The Hall–Kier alpha value is -3.99. The summed E-state index contributed by atoms with van der Waals surface area (Å²) in [5.41, 5.74) is -0.717. The van der Waals surface area contributed by atoms with Crippen LogP contribution >= 0.6 is 11.3 Å². The average molecular weight is 574 g/mol. The summed E-state index contributed by atoms with van der Waals surface area (Å²) >= 11 is 1.14. The number of hydrogen-bond acceptors (Lipinski definition) is 8. The Kier molecular flexibility index (Phi) is 7.03. The van der Waals surface area contributed by atoms with Crippen LogP contribution < -0.4 is 10.1 Å². The molecule has 2 fully saturated rings. The van der Waals surface area contributed by atoms with Crippen molar-refractivity contribution in [3.05, 3.63) is 52.0 Å². The second kappa shape index (κ2) is 10.2. The molecule has 1 aromatic carbocycles. The minimum Gasteiger partial charge on any atom is -0.406 e. The number of nitrogens with zero attached hydrogens (tertiary/aromatic N) is 6. The van der Waals surface area contributed by atoms with E-state index >= 15 is 0 Å². The number of nitrogens with one attached hydrogen (secondary N) is 1. The van der Waals surface area contributed by atoms with E-state index in [1.165, 1.54) is 16.9 Å². The molecule has 210 valence electrons. The molecule has 2 heterocycles. The molecule has 14 heteroatoms. The van der Waals surface area contributed by atoms with E-state index in [2.05, 4.69) is 31.2 Å². The maximum absolute atomic E-state index is 13.3. The number of alkyl halides is 3. The van der Waals surface area contributed by atoms with Crippen LogP contribution in [0.1, 0.15) is 88.7 Å². The number of carbonyl (C=O) groups is 2. The van der Waals surface area contributed by atoms with Crippen LogP contribution in [-0.4, -0.2) is 56.4 Å². The highest BCUT2D eigenvalue weighted by Crippen LogP contribution is 2.49. The number of aromatic nitrogens is 4. The normalized spacial score (nSPS) is 16.6. The van der Waals surface area contributed by atoms with Crippen LogP contribution in [0.25, 0.3) is 5.13 Å². The van der Waals surface area contributed by atoms with E-state index in [0.717, 1.165) is 36.3 Å². The van der Waals surface area contributed by atoms with E-state index in [-0.39, 0.29) is 17.4 Å². The summed E-state index contributed by atoms with van der Waals surface area (Å²) in [7, 11) is 1.69. The third-order valence-electron chi connectivity index (χ3n) is 6.95. The SMILES string of the molecule is CCN(C)C(=O)c1cnc(-n2nc(C3CC3)nc2[C@H](C)NC(=O)c2cc(OC(F)(F)F)cc(C3(C#N)CC3)c2)s1. The third-order valence-corrected chi connectivity index (χ3v) is 7.91. The smallest absolute Gasteiger partial charge is 0.406 e. The van der Waals surface area contributed by atoms with E-state index < -0.39 is 29.5 Å². The Bertz CT molecular complexity index is 1500. The topological polar surface area (TPSA) is 126 Å². The summed E-state index contributed by atoms with van der Waals surface area (Å²) in [4.78, 5) is 36.9. The van der Waals surface area contributed by atoms with E-state index in [9.17, 15) is 28.0 Å². The molecule has 3 aromatic rings. The lowest BCUT2D eigenvalue weighted by Gasteiger charge is -2.17. The standard InChI is InChI=1S/C26H26F3N7O3S/c1-4-35(3)23(38)19-12-31-24(40-19)36-21(33-20(34-36)15-5-6-15)14(2)32-22(37)16-9-17(25(13-30)7-8-25)11-18(10-16)39-26(27,28)29/h9-12,14-15H,4-8H2,1-3H3,(H,32,37)/t14-/m0/s1. The van der Waals surface area contributed by atoms with Gasteiger partial charge in [-0.1, -0.05) is 11.3 Å². The number of nitriles is 1. The van der Waals surface area contributed by atoms with Gasteiger partial charge in [0.25, 0.3) is 11.8 Å². The largest absolute Gasteiger partial charge is 0.573 e. The molecule has 0 radical (unpaired) electrons. The van der Waals surface area contributed by atoms with Gasteiger partial charge in [0.1, 0.15) is 10.6 Å². The molecule has 0 aliphatic heterocycles. The predicted octanol–water partition coefficient (Wildman–Crippen LogP) is 4.64. The molecule has 10 nitrogen and oxygen atoms in total. The summed E-state index contributed by atoms with van der Waals surface area (Å²) in [6.45, 7) is 4.07. The monoisotopic (exact) mass is 573 g/mol. The zero-order valence-corrected chi connectivity index (χ0v) is 22.8. The molecule has 0 saturated heterocycles. The van der Waals surface area contributed by atoms with Crippen LogP contribution in [0.15, 0.2) is 24.4 Å². The molecule has 0 unspecified atom stereocenters. The molecular formula is C26H26F3N7O3S. The van der Waals surface area contributed by atoms with Crippen molar-refractivity contribution in [2.75, 3.05) is 13.6 Å². The number of rotatable bonds is 9. The minimum atomic E-state index is -4.96. The van der Waals surface area contributed by atoms with Crippen molar-refractivity contribution in [2.24, 2.45) is 0 Å². The van der Waals surface area contributed by atoms with Gasteiger partial charge >= 0.3 is 6.36 Å². The van der Waals surface area contributed by atoms with Crippen LogP contribution in [0, 0.1) is 11.3 Å². The molecule has 2 amide bonds. The van der Waals surface area contributed by atoms with Crippen molar-refractivity contribution in [3.8, 4) is 17.0 Å². The zero-order chi connectivity index (χ0) is 28.8. The number of benzene rings is 1. The molecular weight excluding hydrogens is 547 g/mol. The highest BCUT2D eigenvalue weighted by molar-refractivity contribution is 7.16. The Labute approximate surface area is 231 Å². The molecule has 5 rings (SSSR count).